The van der Waals surface area contributed by atoms with Crippen LogP contribution in [0.1, 0.15) is 12.0 Å². The molecule has 0 unspecified atom stereocenters. The fraction of sp³-hybridized carbons (Fsp3) is 0.444. The van der Waals surface area contributed by atoms with E-state index >= 15 is 0 Å². The predicted molar refractivity (Wildman–Crippen MR) is 53.0 cm³/mol. The van der Waals surface area contributed by atoms with Crippen molar-refractivity contribution in [2.75, 3.05) is 18.0 Å². The van der Waals surface area contributed by atoms with E-state index in [-0.39, 0.29) is 17.5 Å². The molecule has 0 radical (unpaired) electrons. The van der Waals surface area contributed by atoms with Crippen LogP contribution in [0.3, 0.4) is 0 Å². The summed E-state index contributed by atoms with van der Waals surface area (Å²) in [5, 5.41) is 8.54. The van der Waals surface area contributed by atoms with E-state index in [2.05, 4.69) is 9.97 Å². The van der Waals surface area contributed by atoms with Crippen molar-refractivity contribution in [3.63, 3.8) is 0 Å². The molecular weight excluding hydrogens is 198 g/mol. The quantitative estimate of drug-likeness (QED) is 0.707. The molecule has 1 aromatic rings. The number of carboxylic acid groups (broad SMARTS) is 1. The summed E-state index contributed by atoms with van der Waals surface area (Å²) < 4.78 is 0. The maximum Gasteiger partial charge on any atom is 0.308 e. The van der Waals surface area contributed by atoms with Gasteiger partial charge in [-0.05, 0) is 6.42 Å². The summed E-state index contributed by atoms with van der Waals surface area (Å²) in [6.07, 6.45) is 2.14. The van der Waals surface area contributed by atoms with Crippen LogP contribution in [0.2, 0.25) is 0 Å². The van der Waals surface area contributed by atoms with Gasteiger partial charge in [-0.2, -0.15) is 0 Å². The number of carbonyl (C=O) groups is 1. The molecule has 1 aliphatic rings. The molecule has 1 saturated heterocycles. The number of anilines is 1. The van der Waals surface area contributed by atoms with Gasteiger partial charge in [-0.15, -0.1) is 0 Å². The van der Waals surface area contributed by atoms with Crippen molar-refractivity contribution in [3.8, 4) is 0 Å². The normalized spacial score (nSPS) is 14.8. The van der Waals surface area contributed by atoms with Crippen LogP contribution in [0, 0.1) is 0 Å². The van der Waals surface area contributed by atoms with Crippen molar-refractivity contribution in [2.45, 2.75) is 12.8 Å². The molecule has 1 fully saturated rings. The molecule has 1 aromatic heterocycles. The number of hydrogen-bond donors (Lipinski definition) is 2. The van der Waals surface area contributed by atoms with Crippen molar-refractivity contribution in [3.05, 3.63) is 22.1 Å². The molecule has 6 heteroatoms. The van der Waals surface area contributed by atoms with E-state index in [9.17, 15) is 9.59 Å². The molecule has 2 rings (SSSR count). The van der Waals surface area contributed by atoms with Crippen LogP contribution in [0.15, 0.2) is 11.0 Å². The molecule has 0 spiro atoms. The molecule has 2 heterocycles. The van der Waals surface area contributed by atoms with Crippen LogP contribution in [0.4, 0.5) is 5.95 Å². The fourth-order valence-corrected chi connectivity index (χ4v) is 1.39. The highest BCUT2D eigenvalue weighted by molar-refractivity contribution is 5.69. The molecule has 0 atom stereocenters. The standard InChI is InChI=1S/C9H11N3O3/c13-7(14)4-6-5-10-9(11-8(6)15)12-2-1-3-12/h5H,1-4H2,(H,13,14)(H,10,11,15). The summed E-state index contributed by atoms with van der Waals surface area (Å²) in [5.41, 5.74) is -0.180. The minimum atomic E-state index is -1.03. The Morgan fingerprint density at radius 3 is 2.80 bits per heavy atom. The van der Waals surface area contributed by atoms with E-state index in [0.29, 0.717) is 5.95 Å². The zero-order valence-corrected chi connectivity index (χ0v) is 8.06. The van der Waals surface area contributed by atoms with Gasteiger partial charge >= 0.3 is 5.97 Å². The monoisotopic (exact) mass is 209 g/mol. The highest BCUT2D eigenvalue weighted by Crippen LogP contribution is 2.13. The van der Waals surface area contributed by atoms with E-state index in [1.807, 2.05) is 4.90 Å². The number of nitrogens with one attached hydrogen (secondary N) is 1. The maximum absolute atomic E-state index is 11.4. The Morgan fingerprint density at radius 2 is 2.33 bits per heavy atom. The lowest BCUT2D eigenvalue weighted by Crippen LogP contribution is -2.39. The average Bonchev–Trinajstić information content (AvgIpc) is 2.06. The maximum atomic E-state index is 11.4. The van der Waals surface area contributed by atoms with Gasteiger partial charge in [0.1, 0.15) is 0 Å². The lowest BCUT2D eigenvalue weighted by molar-refractivity contribution is -0.136. The Hall–Kier alpha value is -1.85. The highest BCUT2D eigenvalue weighted by Gasteiger charge is 2.17. The zero-order chi connectivity index (χ0) is 10.8. The first-order chi connectivity index (χ1) is 7.16. The van der Waals surface area contributed by atoms with Gasteiger partial charge in [0.15, 0.2) is 0 Å². The molecule has 6 nitrogen and oxygen atoms in total. The van der Waals surface area contributed by atoms with Gasteiger partial charge in [0, 0.05) is 24.8 Å². The van der Waals surface area contributed by atoms with Gasteiger partial charge in [0.25, 0.3) is 5.56 Å². The summed E-state index contributed by atoms with van der Waals surface area (Å²) in [6.45, 7) is 1.78. The minimum Gasteiger partial charge on any atom is -0.481 e. The lowest BCUT2D eigenvalue weighted by Gasteiger charge is -2.31. The van der Waals surface area contributed by atoms with E-state index in [1.165, 1.54) is 6.20 Å². The molecule has 0 aliphatic carbocycles. The molecular formula is C9H11N3O3. The molecule has 0 amide bonds. The first kappa shape index (κ1) is 9.70. The van der Waals surface area contributed by atoms with Gasteiger partial charge < -0.3 is 10.0 Å². The van der Waals surface area contributed by atoms with Crippen molar-refractivity contribution >= 4 is 11.9 Å². The molecule has 0 aromatic carbocycles. The third-order valence-electron chi connectivity index (χ3n) is 2.36. The van der Waals surface area contributed by atoms with Crippen LogP contribution >= 0.6 is 0 Å². The van der Waals surface area contributed by atoms with Gasteiger partial charge in [-0.25, -0.2) is 4.98 Å². The summed E-state index contributed by atoms with van der Waals surface area (Å²) in [4.78, 5) is 30.4. The van der Waals surface area contributed by atoms with Gasteiger partial charge in [0.2, 0.25) is 5.95 Å². The number of nitrogens with zero attached hydrogens (tertiary/aromatic N) is 2. The van der Waals surface area contributed by atoms with Crippen LogP contribution in [0.5, 0.6) is 0 Å². The number of aromatic nitrogens is 2. The molecule has 0 bridgehead atoms. The van der Waals surface area contributed by atoms with E-state index in [4.69, 9.17) is 5.11 Å². The first-order valence-electron chi connectivity index (χ1n) is 4.72. The third kappa shape index (κ3) is 1.98. The molecule has 80 valence electrons. The smallest absolute Gasteiger partial charge is 0.308 e. The van der Waals surface area contributed by atoms with Crippen molar-refractivity contribution in [1.82, 2.24) is 9.97 Å². The Morgan fingerprint density at radius 1 is 1.60 bits per heavy atom. The summed E-state index contributed by atoms with van der Waals surface area (Å²) in [5.74, 6) is -0.501. The van der Waals surface area contributed by atoms with E-state index in [1.54, 1.807) is 0 Å². The predicted octanol–water partition coefficient (Wildman–Crippen LogP) is -0.393. The van der Waals surface area contributed by atoms with E-state index in [0.717, 1.165) is 19.5 Å². The second-order valence-corrected chi connectivity index (χ2v) is 3.47. The van der Waals surface area contributed by atoms with E-state index < -0.39 is 5.97 Å². The lowest BCUT2D eigenvalue weighted by atomic mass is 10.2. The van der Waals surface area contributed by atoms with Crippen molar-refractivity contribution in [2.24, 2.45) is 0 Å². The SMILES string of the molecule is O=C(O)Cc1cnc(N2CCC2)[nH]c1=O. The average molecular weight is 209 g/mol. The number of carboxylic acids is 1. The van der Waals surface area contributed by atoms with Gasteiger partial charge in [-0.1, -0.05) is 0 Å². The number of H-pyrrole nitrogens is 1. The Balaban J connectivity index is 2.22. The minimum absolute atomic E-state index is 0.187. The van der Waals surface area contributed by atoms with Crippen LogP contribution in [-0.4, -0.2) is 34.1 Å². The second-order valence-electron chi connectivity index (χ2n) is 3.47. The highest BCUT2D eigenvalue weighted by atomic mass is 16.4. The summed E-state index contributed by atoms with van der Waals surface area (Å²) in [6, 6.07) is 0. The van der Waals surface area contributed by atoms with Crippen molar-refractivity contribution < 1.29 is 9.90 Å². The number of aromatic amines is 1. The number of rotatable bonds is 3. The molecule has 15 heavy (non-hydrogen) atoms. The van der Waals surface area contributed by atoms with Crippen LogP contribution < -0.4 is 10.5 Å². The zero-order valence-electron chi connectivity index (χ0n) is 8.06. The Labute approximate surface area is 85.6 Å². The Kier molecular flexibility index (Phi) is 2.40. The molecule has 2 N–H and O–H groups in total. The largest absolute Gasteiger partial charge is 0.481 e. The van der Waals surface area contributed by atoms with Crippen LogP contribution in [-0.2, 0) is 11.2 Å². The second kappa shape index (κ2) is 3.72. The number of hydrogen-bond acceptors (Lipinski definition) is 4. The fourth-order valence-electron chi connectivity index (χ4n) is 1.39. The van der Waals surface area contributed by atoms with Gasteiger partial charge in [0.05, 0.1) is 6.42 Å². The van der Waals surface area contributed by atoms with Gasteiger partial charge in [-0.3, -0.25) is 14.6 Å². The topological polar surface area (TPSA) is 86.3 Å². The summed E-state index contributed by atoms with van der Waals surface area (Å²) in [7, 11) is 0. The first-order valence-corrected chi connectivity index (χ1v) is 4.72. The third-order valence-corrected chi connectivity index (χ3v) is 2.36. The Bertz CT molecular complexity index is 436. The summed E-state index contributed by atoms with van der Waals surface area (Å²) >= 11 is 0. The molecule has 0 saturated carbocycles. The van der Waals surface area contributed by atoms with Crippen molar-refractivity contribution in [1.29, 1.82) is 0 Å². The number of aliphatic carboxylic acids is 1. The molecule has 1 aliphatic heterocycles. The van der Waals surface area contributed by atoms with Crippen LogP contribution in [0.25, 0.3) is 0 Å².